The number of benzene rings is 3. The van der Waals surface area contributed by atoms with Gasteiger partial charge < -0.3 is 19.9 Å². The number of carboxylic acid groups (broad SMARTS) is 1. The molecule has 2 atom stereocenters. The molecule has 1 aliphatic rings. The molecule has 0 spiro atoms. The lowest BCUT2D eigenvalue weighted by Gasteiger charge is -2.23. The van der Waals surface area contributed by atoms with Gasteiger partial charge in [-0.1, -0.05) is 92.2 Å². The van der Waals surface area contributed by atoms with Crippen LogP contribution in [0.5, 0.6) is 0 Å². The van der Waals surface area contributed by atoms with E-state index in [9.17, 15) is 19.5 Å². The van der Waals surface area contributed by atoms with Gasteiger partial charge in [-0.25, -0.2) is 9.59 Å². The molecule has 7 heteroatoms. The number of carbonyl (C=O) groups excluding carboxylic acids is 2. The van der Waals surface area contributed by atoms with Gasteiger partial charge in [-0.3, -0.25) is 4.79 Å². The topological polar surface area (TPSA) is 102 Å². The summed E-state index contributed by atoms with van der Waals surface area (Å²) in [7, 11) is 0. The summed E-state index contributed by atoms with van der Waals surface area (Å²) < 4.78 is 10.9. The van der Waals surface area contributed by atoms with Crippen LogP contribution in [0.1, 0.15) is 42.4 Å². The van der Waals surface area contributed by atoms with Crippen LogP contribution in [-0.2, 0) is 25.7 Å². The lowest BCUT2D eigenvalue weighted by Crippen LogP contribution is -2.49. The summed E-state index contributed by atoms with van der Waals surface area (Å²) in [4.78, 5) is 37.5. The highest BCUT2D eigenvalue weighted by Gasteiger charge is 2.36. The Morgan fingerprint density at radius 2 is 1.44 bits per heavy atom. The standard InChI is InChI=1S/C29H29NO6/c1-2-10-24(28(33)35-17-19-11-4-3-5-12-19)26(27(31)32)30-29(34)36-18-25-22-15-8-6-13-20(22)21-14-7-9-16-23(21)25/h3-9,11-16,24-26H,2,10,17-18H2,1H3,(H,30,34)(H,31,32)/t24?,26-/m1/s1. The molecule has 0 fully saturated rings. The number of rotatable bonds is 10. The molecule has 4 rings (SSSR count). The van der Waals surface area contributed by atoms with E-state index >= 15 is 0 Å². The van der Waals surface area contributed by atoms with Gasteiger partial charge in [-0.05, 0) is 34.2 Å². The molecule has 2 N–H and O–H groups in total. The molecule has 0 aromatic heterocycles. The number of aliphatic carboxylic acids is 1. The van der Waals surface area contributed by atoms with Gasteiger partial charge in [-0.15, -0.1) is 0 Å². The maximum absolute atomic E-state index is 12.8. The second-order valence-corrected chi connectivity index (χ2v) is 8.77. The maximum Gasteiger partial charge on any atom is 0.407 e. The van der Waals surface area contributed by atoms with E-state index in [1.165, 1.54) is 0 Å². The summed E-state index contributed by atoms with van der Waals surface area (Å²) in [5, 5.41) is 12.2. The number of hydrogen-bond acceptors (Lipinski definition) is 5. The Balaban J connectivity index is 1.41. The fraction of sp³-hybridized carbons (Fsp3) is 0.276. The molecule has 3 aromatic carbocycles. The van der Waals surface area contributed by atoms with E-state index in [4.69, 9.17) is 9.47 Å². The van der Waals surface area contributed by atoms with E-state index in [1.54, 1.807) is 0 Å². The lowest BCUT2D eigenvalue weighted by atomic mass is 9.95. The van der Waals surface area contributed by atoms with Gasteiger partial charge in [0.05, 0.1) is 5.92 Å². The summed E-state index contributed by atoms with van der Waals surface area (Å²) >= 11 is 0. The molecule has 0 aliphatic heterocycles. The molecule has 1 unspecified atom stereocenters. The van der Waals surface area contributed by atoms with Gasteiger partial charge in [0, 0.05) is 5.92 Å². The van der Waals surface area contributed by atoms with E-state index in [1.807, 2.05) is 85.8 Å². The number of nitrogens with one attached hydrogen (secondary N) is 1. The summed E-state index contributed by atoms with van der Waals surface area (Å²) in [5.41, 5.74) is 5.08. The minimum absolute atomic E-state index is 0.0250. The van der Waals surface area contributed by atoms with Crippen LogP contribution < -0.4 is 5.32 Å². The lowest BCUT2D eigenvalue weighted by molar-refractivity contribution is -0.156. The second kappa shape index (κ2) is 11.5. The number of hydrogen-bond donors (Lipinski definition) is 2. The van der Waals surface area contributed by atoms with Gasteiger partial charge >= 0.3 is 18.0 Å². The highest BCUT2D eigenvalue weighted by molar-refractivity contribution is 5.87. The van der Waals surface area contributed by atoms with Crippen molar-refractivity contribution in [3.63, 3.8) is 0 Å². The third kappa shape index (κ3) is 5.57. The highest BCUT2D eigenvalue weighted by atomic mass is 16.6. The van der Waals surface area contributed by atoms with Crippen molar-refractivity contribution >= 4 is 18.0 Å². The number of alkyl carbamates (subject to hydrolysis) is 1. The normalized spacial score (nSPS) is 13.7. The average Bonchev–Trinajstić information content (AvgIpc) is 3.22. The molecule has 186 valence electrons. The maximum atomic E-state index is 12.8. The molecule has 1 aliphatic carbocycles. The van der Waals surface area contributed by atoms with Crippen molar-refractivity contribution in [2.75, 3.05) is 6.61 Å². The van der Waals surface area contributed by atoms with Crippen molar-refractivity contribution in [1.29, 1.82) is 0 Å². The summed E-state index contributed by atoms with van der Waals surface area (Å²) in [6, 6.07) is 23.5. The molecule has 0 bridgehead atoms. The number of esters is 1. The molecule has 0 saturated carbocycles. The van der Waals surface area contributed by atoms with Crippen LogP contribution in [0.3, 0.4) is 0 Å². The predicted octanol–water partition coefficient (Wildman–Crippen LogP) is 5.14. The molecule has 0 radical (unpaired) electrons. The molecule has 36 heavy (non-hydrogen) atoms. The van der Waals surface area contributed by atoms with Crippen LogP contribution >= 0.6 is 0 Å². The van der Waals surface area contributed by atoms with Gasteiger partial charge in [-0.2, -0.15) is 0 Å². The van der Waals surface area contributed by atoms with Crippen molar-refractivity contribution < 1.29 is 29.0 Å². The number of carbonyl (C=O) groups is 3. The minimum Gasteiger partial charge on any atom is -0.480 e. The Morgan fingerprint density at radius 3 is 2.03 bits per heavy atom. The van der Waals surface area contributed by atoms with Crippen LogP contribution in [0.4, 0.5) is 4.79 Å². The Bertz CT molecular complexity index is 1180. The largest absolute Gasteiger partial charge is 0.480 e. The number of fused-ring (bicyclic) bond motifs is 3. The first kappa shape index (κ1) is 25.0. The fourth-order valence-electron chi connectivity index (χ4n) is 4.67. The van der Waals surface area contributed by atoms with E-state index in [-0.39, 0.29) is 25.6 Å². The van der Waals surface area contributed by atoms with Crippen LogP contribution in [0.15, 0.2) is 78.9 Å². The Hall–Kier alpha value is -4.13. The second-order valence-electron chi connectivity index (χ2n) is 8.77. The number of amides is 1. The Kier molecular flexibility index (Phi) is 8.00. The van der Waals surface area contributed by atoms with Gasteiger partial charge in [0.2, 0.25) is 0 Å². The fourth-order valence-corrected chi connectivity index (χ4v) is 4.67. The van der Waals surface area contributed by atoms with E-state index in [0.29, 0.717) is 6.42 Å². The molecular weight excluding hydrogens is 458 g/mol. The van der Waals surface area contributed by atoms with Crippen LogP contribution in [0.2, 0.25) is 0 Å². The van der Waals surface area contributed by atoms with Crippen LogP contribution in [-0.4, -0.2) is 35.8 Å². The molecule has 7 nitrogen and oxygen atoms in total. The van der Waals surface area contributed by atoms with Gasteiger partial charge in [0.1, 0.15) is 19.3 Å². The average molecular weight is 488 g/mol. The Morgan fingerprint density at radius 1 is 0.861 bits per heavy atom. The molecule has 0 heterocycles. The van der Waals surface area contributed by atoms with Crippen molar-refractivity contribution in [2.45, 2.75) is 38.3 Å². The first-order valence-corrected chi connectivity index (χ1v) is 12.0. The zero-order valence-electron chi connectivity index (χ0n) is 20.1. The van der Waals surface area contributed by atoms with Crippen LogP contribution in [0.25, 0.3) is 11.1 Å². The van der Waals surface area contributed by atoms with Gasteiger partial charge in [0.25, 0.3) is 0 Å². The predicted molar refractivity (Wildman–Crippen MR) is 134 cm³/mol. The van der Waals surface area contributed by atoms with Crippen molar-refractivity contribution in [2.24, 2.45) is 5.92 Å². The van der Waals surface area contributed by atoms with Crippen molar-refractivity contribution in [1.82, 2.24) is 5.32 Å². The Labute approximate surface area is 210 Å². The first-order chi connectivity index (χ1) is 17.5. The smallest absolute Gasteiger partial charge is 0.407 e. The quantitative estimate of drug-likeness (QED) is 0.384. The van der Waals surface area contributed by atoms with Crippen LogP contribution in [0, 0.1) is 5.92 Å². The van der Waals surface area contributed by atoms with Gasteiger partial charge in [0.15, 0.2) is 0 Å². The van der Waals surface area contributed by atoms with Crippen molar-refractivity contribution in [3.05, 3.63) is 95.6 Å². The third-order valence-electron chi connectivity index (χ3n) is 6.41. The summed E-state index contributed by atoms with van der Waals surface area (Å²) in [6.45, 7) is 1.91. The van der Waals surface area contributed by atoms with E-state index < -0.39 is 30.0 Å². The monoisotopic (exact) mass is 487 g/mol. The number of ether oxygens (including phenoxy) is 2. The minimum atomic E-state index is -1.47. The summed E-state index contributed by atoms with van der Waals surface area (Å²) in [5.74, 6) is -3.20. The van der Waals surface area contributed by atoms with E-state index in [0.717, 1.165) is 27.8 Å². The summed E-state index contributed by atoms with van der Waals surface area (Å²) in [6.07, 6.45) is -0.101. The van der Waals surface area contributed by atoms with E-state index in [2.05, 4.69) is 5.32 Å². The SMILES string of the molecule is CCCC(C(=O)OCc1ccccc1)[C@@H](NC(=O)OCC1c2ccccc2-c2ccccc21)C(=O)O. The zero-order chi connectivity index (χ0) is 25.5. The molecule has 3 aromatic rings. The molecular formula is C29H29NO6. The number of carboxylic acids is 1. The third-order valence-corrected chi connectivity index (χ3v) is 6.41. The highest BCUT2D eigenvalue weighted by Crippen LogP contribution is 2.44. The zero-order valence-corrected chi connectivity index (χ0v) is 20.1. The molecule has 1 amide bonds. The first-order valence-electron chi connectivity index (χ1n) is 12.0. The van der Waals surface area contributed by atoms with Crippen molar-refractivity contribution in [3.8, 4) is 11.1 Å². The molecule has 0 saturated heterocycles.